The molecular formula is C16H12N4O3S. The van der Waals surface area contributed by atoms with E-state index in [0.29, 0.717) is 34.9 Å². The second kappa shape index (κ2) is 5.57. The molecule has 0 saturated heterocycles. The van der Waals surface area contributed by atoms with E-state index in [0.717, 1.165) is 4.88 Å². The Morgan fingerprint density at radius 2 is 2.17 bits per heavy atom. The molecule has 3 aromatic heterocycles. The standard InChI is InChI=1S/C16H12N4O3S/c1-2-20-11-6-5-9(8-10(11)17-14(21)16(20)22)13-18-15(23-19-13)12-4-3-7-24-12/h3-8H,2H2,1H3,(H,17,21). The van der Waals surface area contributed by atoms with Gasteiger partial charge in [-0.25, -0.2) is 0 Å². The van der Waals surface area contributed by atoms with Crippen molar-refractivity contribution in [3.8, 4) is 22.2 Å². The highest BCUT2D eigenvalue weighted by molar-refractivity contribution is 7.13. The molecule has 24 heavy (non-hydrogen) atoms. The molecule has 0 aliphatic rings. The summed E-state index contributed by atoms with van der Waals surface area (Å²) < 4.78 is 6.72. The van der Waals surface area contributed by atoms with Crippen LogP contribution < -0.4 is 11.1 Å². The third-order valence-electron chi connectivity index (χ3n) is 3.71. The highest BCUT2D eigenvalue weighted by atomic mass is 32.1. The van der Waals surface area contributed by atoms with Crippen molar-refractivity contribution in [1.29, 1.82) is 0 Å². The SMILES string of the molecule is CCn1c(=O)c(=O)[nH]c2cc(-c3noc(-c4cccs4)n3)ccc21. The molecular weight excluding hydrogens is 328 g/mol. The lowest BCUT2D eigenvalue weighted by atomic mass is 10.2. The summed E-state index contributed by atoms with van der Waals surface area (Å²) in [4.78, 5) is 31.5. The van der Waals surface area contributed by atoms with Crippen molar-refractivity contribution in [2.24, 2.45) is 0 Å². The normalized spacial score (nSPS) is 11.2. The molecule has 0 aliphatic heterocycles. The molecule has 0 saturated carbocycles. The van der Waals surface area contributed by atoms with Gasteiger partial charge in [0.2, 0.25) is 5.82 Å². The van der Waals surface area contributed by atoms with Gasteiger partial charge in [0, 0.05) is 12.1 Å². The van der Waals surface area contributed by atoms with E-state index in [9.17, 15) is 9.59 Å². The molecule has 0 aliphatic carbocycles. The summed E-state index contributed by atoms with van der Waals surface area (Å²) in [6.07, 6.45) is 0. The third kappa shape index (κ3) is 2.28. The first-order valence-corrected chi connectivity index (χ1v) is 8.20. The van der Waals surface area contributed by atoms with Gasteiger partial charge in [-0.1, -0.05) is 11.2 Å². The lowest BCUT2D eigenvalue weighted by molar-refractivity contribution is 0.433. The second-order valence-corrected chi connectivity index (χ2v) is 6.08. The Morgan fingerprint density at radius 1 is 1.29 bits per heavy atom. The monoisotopic (exact) mass is 340 g/mol. The van der Waals surface area contributed by atoms with E-state index in [4.69, 9.17) is 4.52 Å². The van der Waals surface area contributed by atoms with Gasteiger partial charge in [0.1, 0.15) is 0 Å². The zero-order valence-electron chi connectivity index (χ0n) is 12.6. The van der Waals surface area contributed by atoms with Crippen molar-refractivity contribution >= 4 is 22.4 Å². The lowest BCUT2D eigenvalue weighted by Gasteiger charge is -2.07. The number of fused-ring (bicyclic) bond motifs is 1. The third-order valence-corrected chi connectivity index (χ3v) is 4.57. The number of hydrogen-bond acceptors (Lipinski definition) is 6. The van der Waals surface area contributed by atoms with E-state index in [2.05, 4.69) is 15.1 Å². The summed E-state index contributed by atoms with van der Waals surface area (Å²) in [7, 11) is 0. The van der Waals surface area contributed by atoms with Crippen LogP contribution in [0, 0.1) is 0 Å². The van der Waals surface area contributed by atoms with Crippen molar-refractivity contribution < 1.29 is 4.52 Å². The molecule has 3 heterocycles. The highest BCUT2D eigenvalue weighted by Crippen LogP contribution is 2.26. The Morgan fingerprint density at radius 3 is 2.92 bits per heavy atom. The molecule has 0 amide bonds. The fourth-order valence-electron chi connectivity index (χ4n) is 2.57. The predicted octanol–water partition coefficient (Wildman–Crippen LogP) is 2.49. The predicted molar refractivity (Wildman–Crippen MR) is 91.1 cm³/mol. The van der Waals surface area contributed by atoms with Crippen LogP contribution in [0.2, 0.25) is 0 Å². The quantitative estimate of drug-likeness (QED) is 0.578. The number of hydrogen-bond donors (Lipinski definition) is 1. The van der Waals surface area contributed by atoms with Crippen LogP contribution in [-0.2, 0) is 6.54 Å². The Kier molecular flexibility index (Phi) is 3.39. The number of nitrogens with zero attached hydrogens (tertiary/aromatic N) is 3. The number of rotatable bonds is 3. The van der Waals surface area contributed by atoms with Crippen molar-refractivity contribution in [3.05, 3.63) is 56.4 Å². The number of H-pyrrole nitrogens is 1. The summed E-state index contributed by atoms with van der Waals surface area (Å²) in [5.74, 6) is 0.877. The minimum Gasteiger partial charge on any atom is -0.333 e. The summed E-state index contributed by atoms with van der Waals surface area (Å²) in [5.41, 5.74) is 0.714. The molecule has 0 bridgehead atoms. The number of nitrogens with one attached hydrogen (secondary N) is 1. The minimum absolute atomic E-state index is 0.420. The summed E-state index contributed by atoms with van der Waals surface area (Å²) >= 11 is 1.51. The molecule has 0 spiro atoms. The number of aromatic nitrogens is 4. The molecule has 0 radical (unpaired) electrons. The highest BCUT2D eigenvalue weighted by Gasteiger charge is 2.13. The Hall–Kier alpha value is -3.00. The molecule has 0 unspecified atom stereocenters. The van der Waals surface area contributed by atoms with E-state index in [1.165, 1.54) is 15.9 Å². The van der Waals surface area contributed by atoms with Crippen molar-refractivity contribution in [3.63, 3.8) is 0 Å². The Bertz CT molecular complexity index is 1140. The first kappa shape index (κ1) is 14.6. The van der Waals surface area contributed by atoms with Gasteiger partial charge < -0.3 is 14.1 Å². The van der Waals surface area contributed by atoms with Gasteiger partial charge in [-0.3, -0.25) is 9.59 Å². The minimum atomic E-state index is -0.645. The second-order valence-electron chi connectivity index (χ2n) is 5.14. The van der Waals surface area contributed by atoms with Gasteiger partial charge in [-0.15, -0.1) is 11.3 Å². The summed E-state index contributed by atoms with van der Waals surface area (Å²) in [6.45, 7) is 2.24. The van der Waals surface area contributed by atoms with Crippen LogP contribution in [0.15, 0.2) is 49.8 Å². The average Bonchev–Trinajstić information content (AvgIpc) is 3.27. The summed E-state index contributed by atoms with van der Waals surface area (Å²) in [5, 5.41) is 5.93. The van der Waals surface area contributed by atoms with Gasteiger partial charge in [-0.05, 0) is 36.6 Å². The number of benzene rings is 1. The molecule has 8 heteroatoms. The smallest absolute Gasteiger partial charge is 0.316 e. The van der Waals surface area contributed by atoms with Crippen LogP contribution in [-0.4, -0.2) is 19.7 Å². The van der Waals surface area contributed by atoms with E-state index < -0.39 is 11.1 Å². The van der Waals surface area contributed by atoms with Crippen LogP contribution in [0.3, 0.4) is 0 Å². The molecule has 7 nitrogen and oxygen atoms in total. The first-order valence-electron chi connectivity index (χ1n) is 7.32. The molecule has 1 N–H and O–H groups in total. The van der Waals surface area contributed by atoms with E-state index in [1.807, 2.05) is 24.4 Å². The van der Waals surface area contributed by atoms with E-state index in [1.54, 1.807) is 18.2 Å². The van der Waals surface area contributed by atoms with Gasteiger partial charge in [-0.2, -0.15) is 4.98 Å². The molecule has 4 aromatic rings. The maximum atomic E-state index is 11.9. The van der Waals surface area contributed by atoms with Crippen LogP contribution in [0.4, 0.5) is 0 Å². The van der Waals surface area contributed by atoms with Gasteiger partial charge in [0.25, 0.3) is 5.89 Å². The van der Waals surface area contributed by atoms with Crippen LogP contribution in [0.1, 0.15) is 6.92 Å². The van der Waals surface area contributed by atoms with Crippen LogP contribution in [0.5, 0.6) is 0 Å². The average molecular weight is 340 g/mol. The molecule has 120 valence electrons. The van der Waals surface area contributed by atoms with E-state index >= 15 is 0 Å². The van der Waals surface area contributed by atoms with Crippen molar-refractivity contribution in [1.82, 2.24) is 19.7 Å². The fraction of sp³-hybridized carbons (Fsp3) is 0.125. The van der Waals surface area contributed by atoms with E-state index in [-0.39, 0.29) is 0 Å². The Balaban J connectivity index is 1.85. The van der Waals surface area contributed by atoms with Gasteiger partial charge in [0.05, 0.1) is 15.9 Å². The lowest BCUT2D eigenvalue weighted by Crippen LogP contribution is -2.35. The molecule has 0 atom stereocenters. The molecule has 1 aromatic carbocycles. The first-order chi connectivity index (χ1) is 11.7. The zero-order valence-corrected chi connectivity index (χ0v) is 13.5. The van der Waals surface area contributed by atoms with Gasteiger partial charge >= 0.3 is 11.1 Å². The largest absolute Gasteiger partial charge is 0.333 e. The van der Waals surface area contributed by atoms with Crippen molar-refractivity contribution in [2.75, 3.05) is 0 Å². The Labute approximate surface area is 139 Å². The summed E-state index contributed by atoms with van der Waals surface area (Å²) in [6, 6.07) is 9.13. The van der Waals surface area contributed by atoms with Crippen LogP contribution >= 0.6 is 11.3 Å². The van der Waals surface area contributed by atoms with Crippen molar-refractivity contribution in [2.45, 2.75) is 13.5 Å². The number of aromatic amines is 1. The van der Waals surface area contributed by atoms with Crippen LogP contribution in [0.25, 0.3) is 33.2 Å². The van der Waals surface area contributed by atoms with Gasteiger partial charge in [0.15, 0.2) is 0 Å². The number of aryl methyl sites for hydroxylation is 1. The fourth-order valence-corrected chi connectivity index (χ4v) is 3.22. The molecule has 4 rings (SSSR count). The maximum absolute atomic E-state index is 11.9. The number of thiophene rings is 1. The zero-order chi connectivity index (χ0) is 16.7. The maximum Gasteiger partial charge on any atom is 0.316 e. The topological polar surface area (TPSA) is 93.8 Å². The molecule has 0 fully saturated rings.